The number of nitrogens with zero attached hydrogens (tertiary/aromatic N) is 1. The van der Waals surface area contributed by atoms with Gasteiger partial charge in [-0.3, -0.25) is 4.79 Å². The van der Waals surface area contributed by atoms with Gasteiger partial charge < -0.3 is 9.30 Å². The molecular weight excluding hydrogens is 354 g/mol. The van der Waals surface area contributed by atoms with Gasteiger partial charge in [-0.05, 0) is 55.3 Å². The number of ether oxygens (including phenoxy) is 1. The molecule has 0 saturated carbocycles. The summed E-state index contributed by atoms with van der Waals surface area (Å²) in [5.41, 5.74) is 3.96. The van der Waals surface area contributed by atoms with Crippen LogP contribution in [0.3, 0.4) is 0 Å². The summed E-state index contributed by atoms with van der Waals surface area (Å²) in [5.74, 6) is 0.828. The molecule has 0 atom stereocenters. The van der Waals surface area contributed by atoms with Crippen molar-refractivity contribution in [1.82, 2.24) is 4.57 Å². The largest absolute Gasteiger partial charge is 0.466 e. The Bertz CT molecular complexity index is 886. The third-order valence-corrected chi connectivity index (χ3v) is 5.68. The highest BCUT2D eigenvalue weighted by atomic mass is 32.2. The lowest BCUT2D eigenvalue weighted by Crippen LogP contribution is -2.03. The molecule has 1 aromatic heterocycles. The second-order valence-corrected chi connectivity index (χ2v) is 7.71. The third-order valence-electron chi connectivity index (χ3n) is 4.60. The smallest absolute Gasteiger partial charge is 0.305 e. The molecule has 0 amide bonds. The van der Waals surface area contributed by atoms with Crippen molar-refractivity contribution in [2.45, 2.75) is 44.6 Å². The van der Waals surface area contributed by atoms with Crippen molar-refractivity contribution in [3.63, 3.8) is 0 Å². The van der Waals surface area contributed by atoms with Gasteiger partial charge in [0.25, 0.3) is 0 Å². The number of carbonyl (C=O) groups is 1. The molecule has 142 valence electrons. The molecule has 4 heteroatoms. The Morgan fingerprint density at radius 3 is 2.63 bits per heavy atom. The SMILES string of the molecule is CCOC(=O)CCCSc1ccc2c(c1)cc(CC)n2Cc1ccccc1. The van der Waals surface area contributed by atoms with Crippen molar-refractivity contribution in [1.29, 1.82) is 0 Å². The number of thioether (sulfide) groups is 1. The molecule has 3 rings (SSSR count). The van der Waals surface area contributed by atoms with Crippen LogP contribution in [0.25, 0.3) is 10.9 Å². The van der Waals surface area contributed by atoms with Crippen molar-refractivity contribution in [3.05, 3.63) is 65.9 Å². The summed E-state index contributed by atoms with van der Waals surface area (Å²) in [5, 5.41) is 1.29. The first-order valence-corrected chi connectivity index (χ1v) is 10.6. The van der Waals surface area contributed by atoms with E-state index in [1.807, 2.05) is 6.92 Å². The van der Waals surface area contributed by atoms with Crippen LogP contribution in [-0.4, -0.2) is 22.9 Å². The molecule has 0 aliphatic rings. The number of hydrogen-bond acceptors (Lipinski definition) is 3. The van der Waals surface area contributed by atoms with E-state index in [1.54, 1.807) is 11.8 Å². The third kappa shape index (κ3) is 5.16. The normalized spacial score (nSPS) is 11.0. The van der Waals surface area contributed by atoms with Crippen LogP contribution in [-0.2, 0) is 22.5 Å². The van der Waals surface area contributed by atoms with Crippen LogP contribution in [0.4, 0.5) is 0 Å². The zero-order valence-corrected chi connectivity index (χ0v) is 16.9. The van der Waals surface area contributed by atoms with E-state index in [-0.39, 0.29) is 5.97 Å². The van der Waals surface area contributed by atoms with E-state index in [9.17, 15) is 4.79 Å². The minimum Gasteiger partial charge on any atom is -0.466 e. The van der Waals surface area contributed by atoms with Crippen LogP contribution in [0.15, 0.2) is 59.5 Å². The summed E-state index contributed by atoms with van der Waals surface area (Å²) < 4.78 is 7.39. The van der Waals surface area contributed by atoms with E-state index in [1.165, 1.54) is 27.1 Å². The van der Waals surface area contributed by atoms with Crippen LogP contribution in [0.2, 0.25) is 0 Å². The van der Waals surface area contributed by atoms with Crippen molar-refractivity contribution < 1.29 is 9.53 Å². The van der Waals surface area contributed by atoms with E-state index in [0.29, 0.717) is 13.0 Å². The fourth-order valence-electron chi connectivity index (χ4n) is 3.28. The van der Waals surface area contributed by atoms with Crippen LogP contribution >= 0.6 is 11.8 Å². The monoisotopic (exact) mass is 381 g/mol. The molecule has 0 radical (unpaired) electrons. The second kappa shape index (κ2) is 9.65. The first kappa shape index (κ1) is 19.6. The highest BCUT2D eigenvalue weighted by Gasteiger charge is 2.09. The molecule has 0 bridgehead atoms. The summed E-state index contributed by atoms with van der Waals surface area (Å²) in [6.07, 6.45) is 2.36. The van der Waals surface area contributed by atoms with Crippen molar-refractivity contribution in [2.24, 2.45) is 0 Å². The van der Waals surface area contributed by atoms with E-state index in [2.05, 4.69) is 66.1 Å². The van der Waals surface area contributed by atoms with Crippen molar-refractivity contribution in [3.8, 4) is 0 Å². The van der Waals surface area contributed by atoms with Gasteiger partial charge in [0.05, 0.1) is 6.61 Å². The molecular formula is C23H27NO2S. The Balaban J connectivity index is 1.69. The lowest BCUT2D eigenvalue weighted by Gasteiger charge is -2.10. The molecule has 0 spiro atoms. The Morgan fingerprint density at radius 2 is 1.89 bits per heavy atom. The molecule has 2 aromatic carbocycles. The molecule has 27 heavy (non-hydrogen) atoms. The summed E-state index contributed by atoms with van der Waals surface area (Å²) in [7, 11) is 0. The molecule has 3 aromatic rings. The van der Waals surface area contributed by atoms with Gasteiger partial charge >= 0.3 is 5.97 Å². The standard InChI is InChI=1S/C23H27NO2S/c1-3-20-15-19-16-21(27-14-8-11-23(25)26-4-2)12-13-22(19)24(20)17-18-9-6-5-7-10-18/h5-7,9-10,12-13,15-16H,3-4,8,11,14,17H2,1-2H3. The fourth-order valence-corrected chi connectivity index (χ4v) is 4.18. The van der Waals surface area contributed by atoms with E-state index in [0.717, 1.165) is 25.1 Å². The Kier molecular flexibility index (Phi) is 6.99. The van der Waals surface area contributed by atoms with Crippen molar-refractivity contribution in [2.75, 3.05) is 12.4 Å². The molecule has 0 aliphatic heterocycles. The minimum atomic E-state index is -0.0980. The zero-order chi connectivity index (χ0) is 19.1. The van der Waals surface area contributed by atoms with Crippen LogP contribution in [0.1, 0.15) is 37.9 Å². The molecule has 0 saturated heterocycles. The first-order valence-electron chi connectivity index (χ1n) is 9.65. The maximum atomic E-state index is 11.4. The number of hydrogen-bond donors (Lipinski definition) is 0. The maximum Gasteiger partial charge on any atom is 0.305 e. The summed E-state index contributed by atoms with van der Waals surface area (Å²) in [4.78, 5) is 12.7. The van der Waals surface area contributed by atoms with E-state index in [4.69, 9.17) is 4.74 Å². The number of rotatable bonds is 9. The summed E-state index contributed by atoms with van der Waals surface area (Å²) >= 11 is 1.80. The van der Waals surface area contributed by atoms with Gasteiger partial charge in [-0.2, -0.15) is 0 Å². The quantitative estimate of drug-likeness (QED) is 0.271. The Morgan fingerprint density at radius 1 is 1.07 bits per heavy atom. The lowest BCUT2D eigenvalue weighted by molar-refractivity contribution is -0.143. The number of benzene rings is 2. The zero-order valence-electron chi connectivity index (χ0n) is 16.1. The highest BCUT2D eigenvalue weighted by molar-refractivity contribution is 7.99. The van der Waals surface area contributed by atoms with Gasteiger partial charge in [0, 0.05) is 34.5 Å². The average Bonchev–Trinajstić information content (AvgIpc) is 3.03. The van der Waals surface area contributed by atoms with Crippen LogP contribution in [0.5, 0.6) is 0 Å². The summed E-state index contributed by atoms with van der Waals surface area (Å²) in [6.45, 7) is 5.42. The molecule has 0 fully saturated rings. The van der Waals surface area contributed by atoms with Crippen LogP contribution in [0, 0.1) is 0 Å². The Labute approximate surface area is 165 Å². The molecule has 3 nitrogen and oxygen atoms in total. The number of carbonyl (C=O) groups excluding carboxylic acids is 1. The van der Waals surface area contributed by atoms with Gasteiger partial charge in [0.15, 0.2) is 0 Å². The number of aryl methyl sites for hydroxylation is 1. The topological polar surface area (TPSA) is 31.2 Å². The van der Waals surface area contributed by atoms with E-state index < -0.39 is 0 Å². The van der Waals surface area contributed by atoms with Gasteiger partial charge in [-0.25, -0.2) is 0 Å². The van der Waals surface area contributed by atoms with Crippen molar-refractivity contribution >= 4 is 28.6 Å². The highest BCUT2D eigenvalue weighted by Crippen LogP contribution is 2.28. The number of aromatic nitrogens is 1. The number of fused-ring (bicyclic) bond motifs is 1. The summed E-state index contributed by atoms with van der Waals surface area (Å²) in [6, 6.07) is 19.6. The Hall–Kier alpha value is -2.20. The lowest BCUT2D eigenvalue weighted by atomic mass is 10.2. The first-order chi connectivity index (χ1) is 13.2. The predicted octanol–water partition coefficient (Wildman–Crippen LogP) is 5.69. The second-order valence-electron chi connectivity index (χ2n) is 6.54. The van der Waals surface area contributed by atoms with Crippen LogP contribution < -0.4 is 0 Å². The van der Waals surface area contributed by atoms with Gasteiger partial charge in [0.1, 0.15) is 0 Å². The van der Waals surface area contributed by atoms with E-state index >= 15 is 0 Å². The van der Waals surface area contributed by atoms with Gasteiger partial charge in [-0.15, -0.1) is 11.8 Å². The van der Waals surface area contributed by atoms with Gasteiger partial charge in [-0.1, -0.05) is 37.3 Å². The molecule has 1 heterocycles. The molecule has 0 unspecified atom stereocenters. The predicted molar refractivity (Wildman–Crippen MR) is 113 cm³/mol. The van der Waals surface area contributed by atoms with Gasteiger partial charge in [0.2, 0.25) is 0 Å². The molecule has 0 aliphatic carbocycles. The maximum absolute atomic E-state index is 11.4. The fraction of sp³-hybridized carbons (Fsp3) is 0.348. The average molecular weight is 382 g/mol. The number of esters is 1. The molecule has 0 N–H and O–H groups in total. The minimum absolute atomic E-state index is 0.0980.